The molecule has 4 unspecified atom stereocenters. The molecule has 4 fully saturated rings. The number of nitrogens with two attached hydrogens (primary N) is 2. The molecule has 0 aromatic heterocycles. The standard InChI is InChI=1S/C12H22N2/c13-5-11-8-1-7-2-9(4-8)12(6-14)10(11)3-7/h7-12H,1-6,13-14H2. The van der Waals surface area contributed by atoms with Gasteiger partial charge >= 0.3 is 0 Å². The minimum absolute atomic E-state index is 0.816. The zero-order valence-electron chi connectivity index (χ0n) is 8.86. The Hall–Kier alpha value is -0.0800. The van der Waals surface area contributed by atoms with E-state index in [9.17, 15) is 0 Å². The van der Waals surface area contributed by atoms with Crippen LogP contribution in [-0.2, 0) is 0 Å². The van der Waals surface area contributed by atoms with Crippen LogP contribution in [0, 0.1) is 35.5 Å². The monoisotopic (exact) mass is 194 g/mol. The van der Waals surface area contributed by atoms with Gasteiger partial charge in [0.05, 0.1) is 0 Å². The minimum Gasteiger partial charge on any atom is -0.330 e. The molecule has 4 aliphatic carbocycles. The average molecular weight is 194 g/mol. The summed E-state index contributed by atoms with van der Waals surface area (Å²) in [6.07, 6.45) is 5.84. The molecule has 4 saturated carbocycles. The molecule has 4 aliphatic rings. The lowest BCUT2D eigenvalue weighted by atomic mass is 9.48. The number of hydrogen-bond acceptors (Lipinski definition) is 2. The first-order valence-electron chi connectivity index (χ1n) is 6.23. The van der Waals surface area contributed by atoms with Crippen LogP contribution < -0.4 is 11.5 Å². The van der Waals surface area contributed by atoms with Crippen molar-refractivity contribution in [3.8, 4) is 0 Å². The van der Waals surface area contributed by atoms with E-state index in [1.165, 1.54) is 25.7 Å². The summed E-state index contributed by atoms with van der Waals surface area (Å²) in [6, 6.07) is 0. The van der Waals surface area contributed by atoms with Gasteiger partial charge in [-0.15, -0.1) is 0 Å². The molecular formula is C12H22N2. The van der Waals surface area contributed by atoms with Crippen LogP contribution in [-0.4, -0.2) is 13.1 Å². The molecule has 80 valence electrons. The van der Waals surface area contributed by atoms with Crippen LogP contribution in [0.2, 0.25) is 0 Å². The van der Waals surface area contributed by atoms with Gasteiger partial charge in [0.25, 0.3) is 0 Å². The van der Waals surface area contributed by atoms with Crippen LogP contribution in [0.25, 0.3) is 0 Å². The molecule has 0 saturated heterocycles. The third-order valence-corrected chi connectivity index (χ3v) is 5.34. The second-order valence-electron chi connectivity index (χ2n) is 5.79. The van der Waals surface area contributed by atoms with Crippen molar-refractivity contribution < 1.29 is 0 Å². The minimum atomic E-state index is 0.816. The summed E-state index contributed by atoms with van der Waals surface area (Å²) < 4.78 is 0. The SMILES string of the molecule is NCC1C2CC3CC(C2)C(CN)C1C3. The lowest BCUT2D eigenvalue weighted by Crippen LogP contribution is -2.54. The molecule has 14 heavy (non-hydrogen) atoms. The Morgan fingerprint density at radius 3 is 1.86 bits per heavy atom. The van der Waals surface area contributed by atoms with Gasteiger partial charge in [-0.2, -0.15) is 0 Å². The molecular weight excluding hydrogens is 172 g/mol. The van der Waals surface area contributed by atoms with Gasteiger partial charge in [-0.25, -0.2) is 0 Å². The van der Waals surface area contributed by atoms with Crippen molar-refractivity contribution in [3.63, 3.8) is 0 Å². The molecule has 4 atom stereocenters. The predicted molar refractivity (Wildman–Crippen MR) is 57.5 cm³/mol. The predicted octanol–water partition coefficient (Wildman–Crippen LogP) is 1.20. The largest absolute Gasteiger partial charge is 0.330 e. The summed E-state index contributed by atoms with van der Waals surface area (Å²) in [5, 5.41) is 0. The highest BCUT2D eigenvalue weighted by atomic mass is 14.7. The van der Waals surface area contributed by atoms with E-state index in [2.05, 4.69) is 0 Å². The Morgan fingerprint density at radius 2 is 1.36 bits per heavy atom. The molecule has 2 nitrogen and oxygen atoms in total. The molecule has 0 aromatic rings. The van der Waals surface area contributed by atoms with E-state index in [4.69, 9.17) is 11.5 Å². The lowest BCUT2D eigenvalue weighted by Gasteiger charge is -2.58. The summed E-state index contributed by atoms with van der Waals surface area (Å²) in [7, 11) is 0. The van der Waals surface area contributed by atoms with Crippen molar-refractivity contribution in [1.82, 2.24) is 0 Å². The van der Waals surface area contributed by atoms with Crippen molar-refractivity contribution in [1.29, 1.82) is 0 Å². The first kappa shape index (κ1) is 9.17. The van der Waals surface area contributed by atoms with Gasteiger partial charge in [0.1, 0.15) is 0 Å². The van der Waals surface area contributed by atoms with Gasteiger partial charge in [-0.05, 0) is 74.3 Å². The number of rotatable bonds is 2. The molecule has 4 N–H and O–H groups in total. The van der Waals surface area contributed by atoms with Gasteiger partial charge < -0.3 is 11.5 Å². The molecule has 0 heterocycles. The Labute approximate surface area is 86.4 Å². The fraction of sp³-hybridized carbons (Fsp3) is 1.00. The zero-order valence-corrected chi connectivity index (χ0v) is 8.86. The topological polar surface area (TPSA) is 52.0 Å². The smallest absolute Gasteiger partial charge is 0.00434 e. The van der Waals surface area contributed by atoms with Crippen LogP contribution in [0.1, 0.15) is 25.7 Å². The molecule has 0 aromatic carbocycles. The van der Waals surface area contributed by atoms with E-state index in [1.807, 2.05) is 0 Å². The molecule has 4 rings (SSSR count). The molecule has 0 radical (unpaired) electrons. The third-order valence-electron chi connectivity index (χ3n) is 5.34. The van der Waals surface area contributed by atoms with Crippen LogP contribution in [0.5, 0.6) is 0 Å². The van der Waals surface area contributed by atoms with E-state index in [0.29, 0.717) is 0 Å². The fourth-order valence-corrected chi connectivity index (χ4v) is 4.91. The second-order valence-corrected chi connectivity index (χ2v) is 5.79. The van der Waals surface area contributed by atoms with Crippen LogP contribution in [0.4, 0.5) is 0 Å². The summed E-state index contributed by atoms with van der Waals surface area (Å²) in [5.41, 5.74) is 11.9. The molecule has 0 aliphatic heterocycles. The van der Waals surface area contributed by atoms with Crippen molar-refractivity contribution in [2.75, 3.05) is 13.1 Å². The third kappa shape index (κ3) is 1.10. The normalized spacial score (nSPS) is 55.3. The van der Waals surface area contributed by atoms with Gasteiger partial charge in [-0.1, -0.05) is 0 Å². The molecule has 0 amide bonds. The zero-order chi connectivity index (χ0) is 9.71. The summed E-state index contributed by atoms with van der Waals surface area (Å²) in [5.74, 6) is 5.49. The first-order valence-corrected chi connectivity index (χ1v) is 6.23. The maximum absolute atomic E-state index is 5.93. The molecule has 4 bridgehead atoms. The molecule has 0 spiro atoms. The van der Waals surface area contributed by atoms with E-state index in [-0.39, 0.29) is 0 Å². The Bertz CT molecular complexity index is 208. The first-order chi connectivity index (χ1) is 6.83. The average Bonchev–Trinajstić information content (AvgIpc) is 2.17. The van der Waals surface area contributed by atoms with Crippen LogP contribution in [0.15, 0.2) is 0 Å². The van der Waals surface area contributed by atoms with Crippen LogP contribution >= 0.6 is 0 Å². The van der Waals surface area contributed by atoms with Gasteiger partial charge in [0.2, 0.25) is 0 Å². The van der Waals surface area contributed by atoms with E-state index in [0.717, 1.165) is 48.6 Å². The van der Waals surface area contributed by atoms with Crippen molar-refractivity contribution in [2.24, 2.45) is 47.0 Å². The van der Waals surface area contributed by atoms with Gasteiger partial charge in [-0.3, -0.25) is 0 Å². The maximum atomic E-state index is 5.93. The quantitative estimate of drug-likeness (QED) is 0.694. The summed E-state index contributed by atoms with van der Waals surface area (Å²) >= 11 is 0. The van der Waals surface area contributed by atoms with Crippen molar-refractivity contribution in [3.05, 3.63) is 0 Å². The lowest BCUT2D eigenvalue weighted by molar-refractivity contribution is -0.0779. The highest BCUT2D eigenvalue weighted by molar-refractivity contribution is 5.02. The Morgan fingerprint density at radius 1 is 0.786 bits per heavy atom. The van der Waals surface area contributed by atoms with Gasteiger partial charge in [0.15, 0.2) is 0 Å². The Balaban J connectivity index is 1.87. The highest BCUT2D eigenvalue weighted by Gasteiger charge is 2.52. The van der Waals surface area contributed by atoms with E-state index < -0.39 is 0 Å². The molecule has 2 heteroatoms. The van der Waals surface area contributed by atoms with Gasteiger partial charge in [0, 0.05) is 0 Å². The van der Waals surface area contributed by atoms with Crippen molar-refractivity contribution in [2.45, 2.75) is 25.7 Å². The Kier molecular flexibility index (Phi) is 2.10. The van der Waals surface area contributed by atoms with Crippen molar-refractivity contribution >= 4 is 0 Å². The van der Waals surface area contributed by atoms with E-state index in [1.54, 1.807) is 0 Å². The second kappa shape index (κ2) is 3.21. The van der Waals surface area contributed by atoms with E-state index >= 15 is 0 Å². The summed E-state index contributed by atoms with van der Waals surface area (Å²) in [6.45, 7) is 1.82. The fourth-order valence-electron chi connectivity index (χ4n) is 4.91. The maximum Gasteiger partial charge on any atom is -0.00434 e. The summed E-state index contributed by atoms with van der Waals surface area (Å²) in [4.78, 5) is 0. The van der Waals surface area contributed by atoms with Crippen LogP contribution in [0.3, 0.4) is 0 Å². The highest BCUT2D eigenvalue weighted by Crippen LogP contribution is 2.58. The number of hydrogen-bond donors (Lipinski definition) is 2.